The summed E-state index contributed by atoms with van der Waals surface area (Å²) in [7, 11) is 0. The second-order valence-corrected chi connectivity index (χ2v) is 3.71. The van der Waals surface area contributed by atoms with Crippen LogP contribution in [0.1, 0.15) is 6.92 Å². The highest BCUT2D eigenvalue weighted by molar-refractivity contribution is 9.10. The number of anilines is 1. The minimum absolute atomic E-state index is 0.0544. The third kappa shape index (κ3) is 2.62. The summed E-state index contributed by atoms with van der Waals surface area (Å²) in [5.74, 6) is -0.0544. The Labute approximate surface area is 79.3 Å². The highest BCUT2D eigenvalue weighted by Gasteiger charge is 2.07. The van der Waals surface area contributed by atoms with Crippen LogP contribution in [0.3, 0.4) is 0 Å². The predicted octanol–water partition coefficient (Wildman–Crippen LogP) is 1.80. The van der Waals surface area contributed by atoms with E-state index in [1.807, 2.05) is 0 Å². The molecule has 0 bridgehead atoms. The van der Waals surface area contributed by atoms with Crippen molar-refractivity contribution in [3.05, 3.63) is 24.5 Å². The number of hydrogen-bond donors (Lipinski definition) is 1. The minimum Gasteiger partial charge on any atom is -0.325 e. The van der Waals surface area contributed by atoms with Crippen LogP contribution in [0.25, 0.3) is 0 Å². The maximum atomic E-state index is 11.1. The molecule has 64 valence electrons. The summed E-state index contributed by atoms with van der Waals surface area (Å²) in [5, 5.41) is 2.72. The molecular formula is C8H9BrN2O. The van der Waals surface area contributed by atoms with Gasteiger partial charge in [-0.1, -0.05) is 15.9 Å². The van der Waals surface area contributed by atoms with Crippen molar-refractivity contribution < 1.29 is 4.79 Å². The molecule has 0 aliphatic rings. The van der Waals surface area contributed by atoms with Crippen LogP contribution in [0.2, 0.25) is 0 Å². The number of rotatable bonds is 2. The maximum Gasteiger partial charge on any atom is 0.237 e. The Hall–Kier alpha value is -0.900. The topological polar surface area (TPSA) is 42.0 Å². The molecule has 0 fully saturated rings. The number of aromatic nitrogens is 1. The Kier molecular flexibility index (Phi) is 3.22. The van der Waals surface area contributed by atoms with Gasteiger partial charge >= 0.3 is 0 Å². The Morgan fingerprint density at radius 1 is 1.58 bits per heavy atom. The first kappa shape index (κ1) is 9.19. The predicted molar refractivity (Wildman–Crippen MR) is 51.3 cm³/mol. The van der Waals surface area contributed by atoms with E-state index >= 15 is 0 Å². The van der Waals surface area contributed by atoms with Crippen molar-refractivity contribution in [1.29, 1.82) is 0 Å². The van der Waals surface area contributed by atoms with Crippen LogP contribution in [0.4, 0.5) is 5.69 Å². The monoisotopic (exact) mass is 228 g/mol. The van der Waals surface area contributed by atoms with E-state index in [0.29, 0.717) is 0 Å². The minimum atomic E-state index is -0.175. The lowest BCUT2D eigenvalue weighted by Gasteiger charge is -2.04. The van der Waals surface area contributed by atoms with Crippen molar-refractivity contribution in [2.75, 3.05) is 5.32 Å². The number of alkyl halides is 1. The quantitative estimate of drug-likeness (QED) is 0.785. The first-order valence-corrected chi connectivity index (χ1v) is 4.46. The van der Waals surface area contributed by atoms with Gasteiger partial charge in [0.1, 0.15) is 0 Å². The zero-order valence-electron chi connectivity index (χ0n) is 6.62. The summed E-state index contributed by atoms with van der Waals surface area (Å²) in [5.41, 5.74) is 0.765. The van der Waals surface area contributed by atoms with Crippen LogP contribution >= 0.6 is 15.9 Å². The number of nitrogens with one attached hydrogen (secondary N) is 1. The van der Waals surface area contributed by atoms with E-state index in [4.69, 9.17) is 0 Å². The summed E-state index contributed by atoms with van der Waals surface area (Å²) >= 11 is 3.17. The normalized spacial score (nSPS) is 12.2. The van der Waals surface area contributed by atoms with Gasteiger partial charge in [-0.25, -0.2) is 0 Å². The van der Waals surface area contributed by atoms with Crippen molar-refractivity contribution >= 4 is 27.5 Å². The van der Waals surface area contributed by atoms with Crippen LogP contribution in [0.15, 0.2) is 24.5 Å². The highest BCUT2D eigenvalue weighted by Crippen LogP contribution is 2.06. The molecule has 0 spiro atoms. The molecule has 1 atom stereocenters. The number of carbonyl (C=O) groups is 1. The number of amides is 1. The van der Waals surface area contributed by atoms with E-state index in [-0.39, 0.29) is 10.7 Å². The van der Waals surface area contributed by atoms with Crippen molar-refractivity contribution in [3.63, 3.8) is 0 Å². The number of pyridine rings is 1. The molecule has 1 heterocycles. The summed E-state index contributed by atoms with van der Waals surface area (Å²) in [6, 6.07) is 3.49. The lowest BCUT2D eigenvalue weighted by molar-refractivity contribution is -0.115. The van der Waals surface area contributed by atoms with Gasteiger partial charge in [0.2, 0.25) is 5.91 Å². The highest BCUT2D eigenvalue weighted by atomic mass is 79.9. The van der Waals surface area contributed by atoms with Crippen molar-refractivity contribution in [3.8, 4) is 0 Å². The van der Waals surface area contributed by atoms with E-state index in [1.165, 1.54) is 0 Å². The average molecular weight is 229 g/mol. The molecule has 1 rings (SSSR count). The molecule has 1 aromatic heterocycles. The van der Waals surface area contributed by atoms with Crippen LogP contribution in [-0.2, 0) is 4.79 Å². The van der Waals surface area contributed by atoms with E-state index in [0.717, 1.165) is 5.69 Å². The summed E-state index contributed by atoms with van der Waals surface area (Å²) in [6.07, 6.45) is 3.27. The van der Waals surface area contributed by atoms with Gasteiger partial charge in [0.05, 0.1) is 4.83 Å². The molecule has 1 amide bonds. The van der Waals surface area contributed by atoms with Crippen LogP contribution < -0.4 is 5.32 Å². The summed E-state index contributed by atoms with van der Waals surface area (Å²) < 4.78 is 0. The second-order valence-electron chi connectivity index (χ2n) is 2.34. The number of nitrogens with zero attached hydrogens (tertiary/aromatic N) is 1. The Balaban J connectivity index is 2.59. The van der Waals surface area contributed by atoms with Crippen LogP contribution in [0, 0.1) is 0 Å². The molecule has 0 saturated carbocycles. The second kappa shape index (κ2) is 4.21. The Morgan fingerprint density at radius 2 is 2.17 bits per heavy atom. The first-order valence-electron chi connectivity index (χ1n) is 3.55. The summed E-state index contributed by atoms with van der Waals surface area (Å²) in [4.78, 5) is 14.8. The first-order chi connectivity index (χ1) is 5.70. The fourth-order valence-corrected chi connectivity index (χ4v) is 0.791. The Bertz CT molecular complexity index is 261. The lowest BCUT2D eigenvalue weighted by Crippen LogP contribution is -2.19. The van der Waals surface area contributed by atoms with E-state index in [9.17, 15) is 4.79 Å². The molecular weight excluding hydrogens is 220 g/mol. The standard InChI is InChI=1S/C8H9BrN2O/c1-6(9)8(12)11-7-2-4-10-5-3-7/h2-6H,1H3,(H,10,11,12). The van der Waals surface area contributed by atoms with Gasteiger partial charge in [-0.3, -0.25) is 9.78 Å². The van der Waals surface area contributed by atoms with Gasteiger partial charge in [-0.15, -0.1) is 0 Å². The molecule has 4 heteroatoms. The molecule has 1 aromatic rings. The van der Waals surface area contributed by atoms with Gasteiger partial charge in [0.15, 0.2) is 0 Å². The van der Waals surface area contributed by atoms with Crippen LogP contribution in [0.5, 0.6) is 0 Å². The Morgan fingerprint density at radius 3 is 2.67 bits per heavy atom. The van der Waals surface area contributed by atoms with E-state index in [2.05, 4.69) is 26.2 Å². The number of hydrogen-bond acceptors (Lipinski definition) is 2. The van der Waals surface area contributed by atoms with Gasteiger partial charge < -0.3 is 5.32 Å². The smallest absolute Gasteiger partial charge is 0.237 e. The van der Waals surface area contributed by atoms with Crippen LogP contribution in [-0.4, -0.2) is 15.7 Å². The van der Waals surface area contributed by atoms with Crippen molar-refractivity contribution in [1.82, 2.24) is 4.98 Å². The van der Waals surface area contributed by atoms with E-state index < -0.39 is 0 Å². The molecule has 12 heavy (non-hydrogen) atoms. The molecule has 0 aliphatic heterocycles. The molecule has 0 aliphatic carbocycles. The zero-order chi connectivity index (χ0) is 8.97. The molecule has 1 unspecified atom stereocenters. The number of halogens is 1. The van der Waals surface area contributed by atoms with Crippen molar-refractivity contribution in [2.24, 2.45) is 0 Å². The van der Waals surface area contributed by atoms with Gasteiger partial charge in [0.25, 0.3) is 0 Å². The fourth-order valence-electron chi connectivity index (χ4n) is 0.677. The fraction of sp³-hybridized carbons (Fsp3) is 0.250. The zero-order valence-corrected chi connectivity index (χ0v) is 8.21. The third-order valence-electron chi connectivity index (χ3n) is 1.31. The molecule has 0 aromatic carbocycles. The van der Waals surface area contributed by atoms with Gasteiger partial charge in [0, 0.05) is 18.1 Å². The van der Waals surface area contributed by atoms with E-state index in [1.54, 1.807) is 31.5 Å². The average Bonchev–Trinajstić information content (AvgIpc) is 2.06. The molecule has 0 radical (unpaired) electrons. The van der Waals surface area contributed by atoms with Gasteiger partial charge in [-0.05, 0) is 19.1 Å². The summed E-state index contributed by atoms with van der Waals surface area (Å²) in [6.45, 7) is 1.77. The lowest BCUT2D eigenvalue weighted by atomic mass is 10.4. The van der Waals surface area contributed by atoms with Crippen molar-refractivity contribution in [2.45, 2.75) is 11.8 Å². The SMILES string of the molecule is CC(Br)C(=O)Nc1ccncc1. The molecule has 3 nitrogen and oxygen atoms in total. The largest absolute Gasteiger partial charge is 0.325 e. The third-order valence-corrected chi connectivity index (χ3v) is 1.72. The molecule has 1 N–H and O–H groups in total. The number of carbonyl (C=O) groups excluding carboxylic acids is 1. The van der Waals surface area contributed by atoms with Gasteiger partial charge in [-0.2, -0.15) is 0 Å². The maximum absolute atomic E-state index is 11.1. The molecule has 0 saturated heterocycles.